The molecule has 192 valence electrons. The Kier molecular flexibility index (Phi) is 9.38. The minimum Gasteiger partial charge on any atom is -0.456 e. The van der Waals surface area contributed by atoms with Crippen LogP contribution < -0.4 is 10.6 Å². The smallest absolute Gasteiger partial charge is 0.407 e. The van der Waals surface area contributed by atoms with E-state index in [2.05, 4.69) is 10.6 Å². The summed E-state index contributed by atoms with van der Waals surface area (Å²) >= 11 is 6.21. The normalized spacial score (nSPS) is 17.1. The maximum Gasteiger partial charge on any atom is 0.407 e. The molecule has 1 aliphatic heterocycles. The van der Waals surface area contributed by atoms with Gasteiger partial charge in [0.1, 0.15) is 28.9 Å². The number of hydrogen-bond donors (Lipinski definition) is 2. The van der Waals surface area contributed by atoms with Crippen molar-refractivity contribution in [3.8, 4) is 6.07 Å². The molecule has 1 heterocycles. The number of benzene rings is 1. The maximum absolute atomic E-state index is 13.8. The zero-order valence-electron chi connectivity index (χ0n) is 21.1. The average molecular weight is 509 g/mol. The molecule has 1 amide bonds. The highest BCUT2D eigenvalue weighted by atomic mass is 35.5. The van der Waals surface area contributed by atoms with E-state index in [0.29, 0.717) is 36.5 Å². The van der Waals surface area contributed by atoms with Crippen LogP contribution in [-0.2, 0) is 20.8 Å². The van der Waals surface area contributed by atoms with Crippen molar-refractivity contribution in [2.24, 2.45) is 0 Å². The number of likely N-dealkylation sites (tertiary alicyclic amines) is 1. The summed E-state index contributed by atoms with van der Waals surface area (Å²) in [5.74, 6) is -1.00. The van der Waals surface area contributed by atoms with Gasteiger partial charge in [0.05, 0.1) is 0 Å². The van der Waals surface area contributed by atoms with Crippen LogP contribution in [0.3, 0.4) is 0 Å². The molecule has 8 nitrogen and oxygen atoms in total. The summed E-state index contributed by atoms with van der Waals surface area (Å²) < 4.78 is 24.6. The summed E-state index contributed by atoms with van der Waals surface area (Å²) in [6.45, 7) is 11.4. The monoisotopic (exact) mass is 508 g/mol. The number of carbonyl (C=O) groups excluding carboxylic acids is 2. The lowest BCUT2D eigenvalue weighted by Gasteiger charge is -2.37. The third kappa shape index (κ3) is 9.29. The molecule has 0 bridgehead atoms. The molecule has 0 saturated carbocycles. The fourth-order valence-electron chi connectivity index (χ4n) is 3.51. The second-order valence-corrected chi connectivity index (χ2v) is 10.8. The number of piperidine rings is 1. The average Bonchev–Trinajstić information content (AvgIpc) is 2.70. The van der Waals surface area contributed by atoms with E-state index < -0.39 is 29.1 Å². The van der Waals surface area contributed by atoms with Crippen LogP contribution in [0.4, 0.5) is 9.18 Å². The largest absolute Gasteiger partial charge is 0.456 e. The van der Waals surface area contributed by atoms with Gasteiger partial charge in [0, 0.05) is 30.7 Å². The summed E-state index contributed by atoms with van der Waals surface area (Å²) in [6, 6.07) is 5.66. The Morgan fingerprint density at radius 2 is 1.86 bits per heavy atom. The van der Waals surface area contributed by atoms with E-state index in [1.807, 2.05) is 6.07 Å². The van der Waals surface area contributed by atoms with E-state index in [9.17, 15) is 19.2 Å². The van der Waals surface area contributed by atoms with Crippen molar-refractivity contribution in [1.82, 2.24) is 15.5 Å². The number of nitrogens with zero attached hydrogens (tertiary/aromatic N) is 2. The predicted octanol–water partition coefficient (Wildman–Crippen LogP) is 4.63. The van der Waals surface area contributed by atoms with E-state index in [0.717, 1.165) is 0 Å². The quantitative estimate of drug-likeness (QED) is 0.328. The molecule has 0 unspecified atom stereocenters. The second kappa shape index (κ2) is 11.6. The molecule has 0 spiro atoms. The van der Waals surface area contributed by atoms with Crippen LogP contribution in [0.2, 0.25) is 5.02 Å². The van der Waals surface area contributed by atoms with Crippen LogP contribution in [0.25, 0.3) is 0 Å². The number of hydrogen-bond acceptors (Lipinski definition) is 7. The van der Waals surface area contributed by atoms with Gasteiger partial charge in [-0.1, -0.05) is 11.6 Å². The Hall–Kier alpha value is -2.99. The minimum atomic E-state index is -0.807. The van der Waals surface area contributed by atoms with Gasteiger partial charge in [-0.05, 0) is 78.1 Å². The van der Waals surface area contributed by atoms with Gasteiger partial charge >= 0.3 is 12.1 Å². The molecule has 0 radical (unpaired) electrons. The Bertz CT molecular complexity index is 1010. The molecule has 35 heavy (non-hydrogen) atoms. The van der Waals surface area contributed by atoms with Crippen LogP contribution in [0.5, 0.6) is 0 Å². The number of alkyl carbamates (subject to hydrolysis) is 1. The number of ether oxygens (including phenoxy) is 2. The fraction of sp³-hybridized carbons (Fsp3) is 0.560. The number of nitrogens with one attached hydrogen (secondary N) is 2. The minimum absolute atomic E-state index is 0.0700. The van der Waals surface area contributed by atoms with Crippen LogP contribution in [0.1, 0.15) is 59.9 Å². The van der Waals surface area contributed by atoms with Gasteiger partial charge in [-0.15, -0.1) is 0 Å². The Morgan fingerprint density at radius 1 is 1.20 bits per heavy atom. The fourth-order valence-corrected chi connectivity index (χ4v) is 3.70. The molecule has 1 aromatic carbocycles. The molecule has 1 aromatic rings. The molecule has 0 aliphatic carbocycles. The van der Waals surface area contributed by atoms with Crippen molar-refractivity contribution >= 4 is 23.7 Å². The third-order valence-electron chi connectivity index (χ3n) is 4.86. The van der Waals surface area contributed by atoms with Crippen molar-refractivity contribution in [3.05, 3.63) is 46.0 Å². The summed E-state index contributed by atoms with van der Waals surface area (Å²) in [7, 11) is 0. The van der Waals surface area contributed by atoms with Gasteiger partial charge in [-0.2, -0.15) is 5.26 Å². The number of esters is 1. The highest BCUT2D eigenvalue weighted by Gasteiger charge is 2.30. The third-order valence-corrected chi connectivity index (χ3v) is 5.23. The second-order valence-electron chi connectivity index (χ2n) is 10.4. The molecule has 0 aromatic heterocycles. The topological polar surface area (TPSA) is 104 Å². The first-order chi connectivity index (χ1) is 16.2. The van der Waals surface area contributed by atoms with E-state index in [1.165, 1.54) is 18.2 Å². The molecule has 1 saturated heterocycles. The van der Waals surface area contributed by atoms with Gasteiger partial charge in [0.2, 0.25) is 0 Å². The van der Waals surface area contributed by atoms with Crippen LogP contribution in [0.15, 0.2) is 29.6 Å². The molecular formula is C25H34ClFN4O4. The first-order valence-corrected chi connectivity index (χ1v) is 11.9. The first kappa shape index (κ1) is 28.2. The lowest BCUT2D eigenvalue weighted by molar-refractivity contribution is -0.149. The molecule has 2 N–H and O–H groups in total. The van der Waals surface area contributed by atoms with E-state index in [1.54, 1.807) is 46.4 Å². The molecule has 1 aliphatic rings. The highest BCUT2D eigenvalue weighted by Crippen LogP contribution is 2.22. The summed E-state index contributed by atoms with van der Waals surface area (Å²) in [4.78, 5) is 27.0. The zero-order valence-corrected chi connectivity index (χ0v) is 21.9. The van der Waals surface area contributed by atoms with E-state index in [-0.39, 0.29) is 24.0 Å². The molecule has 2 rings (SSSR count). The van der Waals surface area contributed by atoms with E-state index in [4.69, 9.17) is 21.1 Å². The van der Waals surface area contributed by atoms with Crippen molar-refractivity contribution < 1.29 is 23.5 Å². The van der Waals surface area contributed by atoms with Gasteiger partial charge in [-0.25, -0.2) is 14.0 Å². The lowest BCUT2D eigenvalue weighted by atomic mass is 10.0. The van der Waals surface area contributed by atoms with Crippen molar-refractivity contribution in [2.45, 2.75) is 78.2 Å². The molecule has 1 atom stereocenters. The Morgan fingerprint density at radius 3 is 2.46 bits per heavy atom. The molecule has 1 fully saturated rings. The van der Waals surface area contributed by atoms with E-state index >= 15 is 0 Å². The first-order valence-electron chi connectivity index (χ1n) is 11.5. The zero-order chi connectivity index (χ0) is 26.4. The van der Waals surface area contributed by atoms with Crippen molar-refractivity contribution in [3.63, 3.8) is 0 Å². The highest BCUT2D eigenvalue weighted by molar-refractivity contribution is 6.31. The van der Waals surface area contributed by atoms with Crippen LogP contribution in [-0.4, -0.2) is 47.3 Å². The number of amides is 1. The summed E-state index contributed by atoms with van der Waals surface area (Å²) in [5, 5.41) is 16.2. The number of rotatable bonds is 6. The number of nitriles is 1. The van der Waals surface area contributed by atoms with Gasteiger partial charge in [0.15, 0.2) is 5.57 Å². The number of halogens is 2. The standard InChI is InChI=1S/C25H34ClFN4O4/c1-24(2,3)34-22(32)19(13-28)21(29-14-16-12-17(27)9-10-20(16)26)31-11-7-8-18(15-31)30-23(33)35-25(4,5)6/h9-10,12,18,29H,7-8,11,14-15H2,1-6H3,(H,30,33)/t18-/m1/s1. The Labute approximate surface area is 211 Å². The molecular weight excluding hydrogens is 475 g/mol. The lowest BCUT2D eigenvalue weighted by Crippen LogP contribution is -2.50. The predicted molar refractivity (Wildman–Crippen MR) is 131 cm³/mol. The molecule has 10 heteroatoms. The van der Waals surface area contributed by atoms with Crippen LogP contribution >= 0.6 is 11.6 Å². The SMILES string of the molecule is CC(C)(C)OC(=O)N[C@@H]1CCCN(C(NCc2cc(F)ccc2Cl)=C(C#N)C(=O)OC(C)(C)C)C1. The van der Waals surface area contributed by atoms with Gasteiger partial charge < -0.3 is 25.0 Å². The van der Waals surface area contributed by atoms with Crippen molar-refractivity contribution in [1.29, 1.82) is 5.26 Å². The van der Waals surface area contributed by atoms with Gasteiger partial charge in [0.25, 0.3) is 0 Å². The summed E-state index contributed by atoms with van der Waals surface area (Å²) in [6.07, 6.45) is 0.856. The summed E-state index contributed by atoms with van der Waals surface area (Å²) in [5.41, 5.74) is -1.20. The number of carbonyl (C=O) groups is 2. The maximum atomic E-state index is 13.8. The van der Waals surface area contributed by atoms with Gasteiger partial charge in [-0.3, -0.25) is 0 Å². The van der Waals surface area contributed by atoms with Crippen molar-refractivity contribution in [2.75, 3.05) is 13.1 Å². The Balaban J connectivity index is 2.33. The van der Waals surface area contributed by atoms with Crippen LogP contribution in [0, 0.1) is 17.1 Å².